The third-order valence-corrected chi connectivity index (χ3v) is 3.97. The molecule has 90 valence electrons. The van der Waals surface area contributed by atoms with Crippen molar-refractivity contribution in [3.8, 4) is 0 Å². The summed E-state index contributed by atoms with van der Waals surface area (Å²) in [6.07, 6.45) is 5.42. The van der Waals surface area contributed by atoms with Crippen LogP contribution in [0.5, 0.6) is 0 Å². The van der Waals surface area contributed by atoms with Gasteiger partial charge in [0.1, 0.15) is 0 Å². The minimum Gasteiger partial charge on any atom is -0.293 e. The van der Waals surface area contributed by atoms with Crippen LogP contribution in [0.4, 0.5) is 0 Å². The van der Waals surface area contributed by atoms with Crippen molar-refractivity contribution in [3.05, 3.63) is 0 Å². The van der Waals surface area contributed by atoms with E-state index in [0.29, 0.717) is 11.1 Å². The predicted octanol–water partition coefficient (Wildman–Crippen LogP) is 4.08. The average Bonchev–Trinajstić information content (AvgIpc) is 1.99. The largest absolute Gasteiger partial charge is 0.293 e. The first-order valence-corrected chi connectivity index (χ1v) is 6.53. The molecule has 0 aliphatic carbocycles. The van der Waals surface area contributed by atoms with Crippen LogP contribution in [-0.4, -0.2) is 22.5 Å². The van der Waals surface area contributed by atoms with Crippen LogP contribution in [0.2, 0.25) is 0 Å². The summed E-state index contributed by atoms with van der Waals surface area (Å²) in [6.45, 7) is 15.6. The van der Waals surface area contributed by atoms with Crippen molar-refractivity contribution in [1.29, 1.82) is 0 Å². The maximum absolute atomic E-state index is 2.74. The summed E-state index contributed by atoms with van der Waals surface area (Å²) in [4.78, 5) is 2.74. The molecule has 0 unspecified atom stereocenters. The molecule has 1 nitrogen and oxygen atoms in total. The van der Waals surface area contributed by atoms with Crippen LogP contribution in [-0.2, 0) is 0 Å². The Morgan fingerprint density at radius 2 is 1.47 bits per heavy atom. The molecule has 0 aromatic carbocycles. The molecule has 1 fully saturated rings. The van der Waals surface area contributed by atoms with Crippen molar-refractivity contribution < 1.29 is 0 Å². The summed E-state index contributed by atoms with van der Waals surface area (Å²) in [5.41, 5.74) is 0.799. The van der Waals surface area contributed by atoms with Gasteiger partial charge in [-0.05, 0) is 65.8 Å². The second-order valence-corrected chi connectivity index (χ2v) is 6.81. The standard InChI is InChI=1S/C14H29N/c1-12(2)8-11-15-13(3,4)9-7-10-14(15,5)6/h12H,7-11H2,1-6H3. The normalized spacial score (nSPS) is 25.8. The Bertz CT molecular complexity index is 187. The first-order valence-electron chi connectivity index (χ1n) is 6.53. The molecule has 1 rings (SSSR count). The molecule has 0 saturated carbocycles. The van der Waals surface area contributed by atoms with E-state index < -0.39 is 0 Å². The summed E-state index contributed by atoms with van der Waals surface area (Å²) in [5.74, 6) is 0.818. The average molecular weight is 211 g/mol. The third-order valence-electron chi connectivity index (χ3n) is 3.97. The van der Waals surface area contributed by atoms with Crippen molar-refractivity contribution in [2.45, 2.75) is 78.3 Å². The van der Waals surface area contributed by atoms with E-state index in [1.54, 1.807) is 0 Å². The summed E-state index contributed by atoms with van der Waals surface area (Å²) in [7, 11) is 0. The molecule has 1 heterocycles. The van der Waals surface area contributed by atoms with Gasteiger partial charge in [-0.2, -0.15) is 0 Å². The van der Waals surface area contributed by atoms with Gasteiger partial charge in [0, 0.05) is 11.1 Å². The molecule has 1 heteroatoms. The lowest BCUT2D eigenvalue weighted by atomic mass is 9.79. The minimum atomic E-state index is 0.399. The molecule has 15 heavy (non-hydrogen) atoms. The highest BCUT2D eigenvalue weighted by Gasteiger charge is 2.40. The lowest BCUT2D eigenvalue weighted by molar-refractivity contribution is -0.0293. The van der Waals surface area contributed by atoms with Gasteiger partial charge >= 0.3 is 0 Å². The quantitative estimate of drug-likeness (QED) is 0.680. The Hall–Kier alpha value is -0.0400. The van der Waals surface area contributed by atoms with Crippen LogP contribution < -0.4 is 0 Å². The Balaban J connectivity index is 2.68. The number of likely N-dealkylation sites (tertiary alicyclic amines) is 1. The molecular weight excluding hydrogens is 182 g/mol. The molecule has 0 aromatic rings. The fourth-order valence-corrected chi connectivity index (χ4v) is 3.04. The monoisotopic (exact) mass is 211 g/mol. The second kappa shape index (κ2) is 4.45. The van der Waals surface area contributed by atoms with Crippen molar-refractivity contribution in [1.82, 2.24) is 4.90 Å². The van der Waals surface area contributed by atoms with E-state index >= 15 is 0 Å². The maximum Gasteiger partial charge on any atom is 0.0158 e. The zero-order valence-corrected chi connectivity index (χ0v) is 11.6. The van der Waals surface area contributed by atoms with Crippen LogP contribution in [0.25, 0.3) is 0 Å². The molecular formula is C14H29N. The van der Waals surface area contributed by atoms with Gasteiger partial charge in [-0.3, -0.25) is 4.90 Å². The van der Waals surface area contributed by atoms with E-state index in [1.807, 2.05) is 0 Å². The van der Waals surface area contributed by atoms with Gasteiger partial charge in [0.25, 0.3) is 0 Å². The summed E-state index contributed by atoms with van der Waals surface area (Å²) in [6, 6.07) is 0. The molecule has 0 N–H and O–H groups in total. The zero-order chi connectivity index (χ0) is 11.7. The molecule has 0 aromatic heterocycles. The van der Waals surface area contributed by atoms with Crippen LogP contribution in [0.3, 0.4) is 0 Å². The van der Waals surface area contributed by atoms with Crippen LogP contribution >= 0.6 is 0 Å². The van der Waals surface area contributed by atoms with Crippen molar-refractivity contribution in [2.75, 3.05) is 6.54 Å². The summed E-state index contributed by atoms with van der Waals surface area (Å²) >= 11 is 0. The maximum atomic E-state index is 2.74. The SMILES string of the molecule is CC(C)CCN1C(C)(C)CCCC1(C)C. The first kappa shape index (κ1) is 13.0. The van der Waals surface area contributed by atoms with Crippen LogP contribution in [0, 0.1) is 5.92 Å². The minimum absolute atomic E-state index is 0.399. The fraction of sp³-hybridized carbons (Fsp3) is 1.00. The number of hydrogen-bond donors (Lipinski definition) is 0. The van der Waals surface area contributed by atoms with E-state index in [9.17, 15) is 0 Å². The topological polar surface area (TPSA) is 3.24 Å². The van der Waals surface area contributed by atoms with Crippen LogP contribution in [0.15, 0.2) is 0 Å². The van der Waals surface area contributed by atoms with Gasteiger partial charge < -0.3 is 0 Å². The van der Waals surface area contributed by atoms with Gasteiger partial charge in [0.2, 0.25) is 0 Å². The molecule has 1 aliphatic heterocycles. The number of nitrogens with zero attached hydrogens (tertiary/aromatic N) is 1. The fourth-order valence-electron chi connectivity index (χ4n) is 3.04. The highest BCUT2D eigenvalue weighted by molar-refractivity contribution is 4.96. The van der Waals surface area contributed by atoms with Crippen molar-refractivity contribution >= 4 is 0 Å². The highest BCUT2D eigenvalue weighted by atomic mass is 15.3. The molecule has 0 amide bonds. The molecule has 0 bridgehead atoms. The molecule has 0 radical (unpaired) electrons. The molecule has 0 spiro atoms. The molecule has 1 saturated heterocycles. The Kier molecular flexibility index (Phi) is 3.86. The van der Waals surface area contributed by atoms with Gasteiger partial charge in [-0.15, -0.1) is 0 Å². The summed E-state index contributed by atoms with van der Waals surface area (Å²) < 4.78 is 0. The predicted molar refractivity (Wildman–Crippen MR) is 68.2 cm³/mol. The van der Waals surface area contributed by atoms with E-state index in [0.717, 1.165) is 5.92 Å². The number of rotatable bonds is 3. The lowest BCUT2D eigenvalue weighted by Gasteiger charge is -2.53. The molecule has 0 atom stereocenters. The van der Waals surface area contributed by atoms with Gasteiger partial charge in [0.15, 0.2) is 0 Å². The third kappa shape index (κ3) is 3.21. The van der Waals surface area contributed by atoms with Crippen molar-refractivity contribution in [3.63, 3.8) is 0 Å². The number of piperidine rings is 1. The summed E-state index contributed by atoms with van der Waals surface area (Å²) in [5, 5.41) is 0. The number of hydrogen-bond acceptors (Lipinski definition) is 1. The Morgan fingerprint density at radius 3 is 1.87 bits per heavy atom. The lowest BCUT2D eigenvalue weighted by Crippen LogP contribution is -2.58. The zero-order valence-electron chi connectivity index (χ0n) is 11.6. The van der Waals surface area contributed by atoms with E-state index in [2.05, 4.69) is 46.4 Å². The van der Waals surface area contributed by atoms with Gasteiger partial charge in [0.05, 0.1) is 0 Å². The van der Waals surface area contributed by atoms with E-state index in [1.165, 1.54) is 32.2 Å². The van der Waals surface area contributed by atoms with Gasteiger partial charge in [-0.1, -0.05) is 13.8 Å². The molecule has 1 aliphatic rings. The smallest absolute Gasteiger partial charge is 0.0158 e. The Morgan fingerprint density at radius 1 is 1.00 bits per heavy atom. The first-order chi connectivity index (χ1) is 6.76. The van der Waals surface area contributed by atoms with Gasteiger partial charge in [-0.25, -0.2) is 0 Å². The van der Waals surface area contributed by atoms with E-state index in [-0.39, 0.29) is 0 Å². The van der Waals surface area contributed by atoms with Crippen LogP contribution in [0.1, 0.15) is 67.2 Å². The second-order valence-electron chi connectivity index (χ2n) is 6.81. The van der Waals surface area contributed by atoms with E-state index in [4.69, 9.17) is 0 Å². The van der Waals surface area contributed by atoms with Crippen molar-refractivity contribution in [2.24, 2.45) is 5.92 Å². The highest BCUT2D eigenvalue weighted by Crippen LogP contribution is 2.38. The Labute approximate surface area is 96.2 Å².